The number of fused-ring (bicyclic) bond motifs is 4. The van der Waals surface area contributed by atoms with Crippen molar-refractivity contribution in [1.82, 2.24) is 29.8 Å². The number of anilines is 3. The molecule has 0 saturated carbocycles. The Kier molecular flexibility index (Phi) is 11.3. The first-order chi connectivity index (χ1) is 23.3. The molecular weight excluding hydrogens is 606 g/mol. The van der Waals surface area contributed by atoms with Crippen molar-refractivity contribution in [2.75, 3.05) is 63.6 Å². The number of carbonyl (C=O) groups excluding carboxylic acids is 1. The second-order valence-corrected chi connectivity index (χ2v) is 11.7. The Morgan fingerprint density at radius 3 is 2.81 bits per heavy atom. The fourth-order valence-electron chi connectivity index (χ4n) is 5.38. The van der Waals surface area contributed by atoms with E-state index < -0.39 is 0 Å². The fraction of sp³-hybridized carbons (Fsp3) is 0.361. The molecule has 6 rings (SSSR count). The van der Waals surface area contributed by atoms with Gasteiger partial charge in [-0.1, -0.05) is 13.0 Å². The lowest BCUT2D eigenvalue weighted by Gasteiger charge is -2.44. The molecule has 12 nitrogen and oxygen atoms in total. The van der Waals surface area contributed by atoms with E-state index in [2.05, 4.69) is 31.2 Å². The van der Waals surface area contributed by atoms with Crippen LogP contribution in [0.15, 0.2) is 72.0 Å². The number of terminal acetylenes is 1. The molecule has 250 valence electrons. The molecule has 1 unspecified atom stereocenters. The van der Waals surface area contributed by atoms with Crippen molar-refractivity contribution in [2.45, 2.75) is 33.2 Å². The van der Waals surface area contributed by atoms with Crippen LogP contribution in [0.2, 0.25) is 0 Å². The van der Waals surface area contributed by atoms with Crippen LogP contribution < -0.4 is 19.7 Å². The third kappa shape index (κ3) is 8.29. The van der Waals surface area contributed by atoms with Crippen LogP contribution in [0.25, 0.3) is 11.0 Å². The van der Waals surface area contributed by atoms with E-state index in [0.29, 0.717) is 55.4 Å². The number of amides is 1. The molecule has 1 aromatic carbocycles. The third-order valence-corrected chi connectivity index (χ3v) is 7.81. The van der Waals surface area contributed by atoms with E-state index in [4.69, 9.17) is 20.9 Å². The van der Waals surface area contributed by atoms with Gasteiger partial charge in [0.1, 0.15) is 30.0 Å². The van der Waals surface area contributed by atoms with Crippen molar-refractivity contribution >= 4 is 40.5 Å². The lowest BCUT2D eigenvalue weighted by atomic mass is 10.1. The van der Waals surface area contributed by atoms with Gasteiger partial charge in [-0.15, -0.1) is 12.3 Å². The average Bonchev–Trinajstić information content (AvgIpc) is 3.09. The molecule has 0 spiro atoms. The molecule has 5 heterocycles. The van der Waals surface area contributed by atoms with E-state index in [1.165, 1.54) is 6.33 Å². The van der Waals surface area contributed by atoms with Crippen molar-refractivity contribution in [3.63, 3.8) is 0 Å². The summed E-state index contributed by atoms with van der Waals surface area (Å²) in [6.07, 6.45) is 18.3. The van der Waals surface area contributed by atoms with E-state index >= 15 is 0 Å². The van der Waals surface area contributed by atoms with Crippen LogP contribution in [0.4, 0.5) is 17.3 Å². The largest absolute Gasteiger partial charge is 0.487 e. The lowest BCUT2D eigenvalue weighted by Crippen LogP contribution is -2.58. The van der Waals surface area contributed by atoms with Crippen LogP contribution in [-0.4, -0.2) is 101 Å². The summed E-state index contributed by atoms with van der Waals surface area (Å²) in [5, 5.41) is 9.51. The number of carbonyl (C=O) groups is 1. The number of rotatable bonds is 8. The van der Waals surface area contributed by atoms with Gasteiger partial charge in [0.25, 0.3) is 0 Å². The van der Waals surface area contributed by atoms with Crippen molar-refractivity contribution < 1.29 is 14.3 Å². The summed E-state index contributed by atoms with van der Waals surface area (Å²) in [5.74, 6) is 6.04. The van der Waals surface area contributed by atoms with E-state index in [9.17, 15) is 4.79 Å². The van der Waals surface area contributed by atoms with E-state index in [1.54, 1.807) is 12.3 Å². The van der Waals surface area contributed by atoms with Gasteiger partial charge in [-0.05, 0) is 63.9 Å². The molecule has 0 radical (unpaired) electrons. The summed E-state index contributed by atoms with van der Waals surface area (Å²) in [4.78, 5) is 32.9. The zero-order valence-electron chi connectivity index (χ0n) is 28.3. The molecule has 12 heteroatoms. The van der Waals surface area contributed by atoms with Gasteiger partial charge in [0.05, 0.1) is 18.1 Å². The number of nitrogens with one attached hydrogen (secondary N) is 1. The Morgan fingerprint density at radius 2 is 2.10 bits per heavy atom. The van der Waals surface area contributed by atoms with Gasteiger partial charge < -0.3 is 29.5 Å². The maximum absolute atomic E-state index is 12.8. The normalized spacial score (nSPS) is 17.0. The number of piperazine rings is 1. The minimum atomic E-state index is 0.0141. The number of hydrazone groups is 1. The molecule has 0 bridgehead atoms. The number of hydrogen-bond donors (Lipinski definition) is 1. The lowest BCUT2D eigenvalue weighted by molar-refractivity contribution is -0.127. The fourth-order valence-corrected chi connectivity index (χ4v) is 5.38. The van der Waals surface area contributed by atoms with Gasteiger partial charge >= 0.3 is 0 Å². The number of hydrogen-bond acceptors (Lipinski definition) is 11. The topological polar surface area (TPSA) is 112 Å². The molecule has 1 atom stereocenters. The highest BCUT2D eigenvalue weighted by Gasteiger charge is 2.35. The van der Waals surface area contributed by atoms with Gasteiger partial charge in [-0.3, -0.25) is 9.80 Å². The number of likely N-dealkylation sites (N-methyl/N-ethyl adjacent to an activating group) is 1. The molecule has 0 aliphatic carbocycles. The van der Waals surface area contributed by atoms with Gasteiger partial charge in [-0.2, -0.15) is 5.10 Å². The predicted molar refractivity (Wildman–Crippen MR) is 191 cm³/mol. The van der Waals surface area contributed by atoms with Crippen LogP contribution in [0.3, 0.4) is 0 Å². The summed E-state index contributed by atoms with van der Waals surface area (Å²) < 4.78 is 12.3. The van der Waals surface area contributed by atoms with E-state index in [-0.39, 0.29) is 11.9 Å². The Balaban J connectivity index is 0.00000107. The van der Waals surface area contributed by atoms with Gasteiger partial charge in [0, 0.05) is 62.8 Å². The SMILES string of the molecule is C#CCC.C/C=N\N1C=CC(Oc2ccc(Nc3ncnc4cc5c(nc34)N3CCN(C(=O)/C=C/CN(C)C)CC3CO5)cc2C)=CC1. The minimum absolute atomic E-state index is 0.0141. The van der Waals surface area contributed by atoms with Gasteiger partial charge in [0.2, 0.25) is 5.91 Å². The highest BCUT2D eigenvalue weighted by molar-refractivity contribution is 5.90. The first-order valence-corrected chi connectivity index (χ1v) is 16.1. The molecule has 3 aliphatic rings. The number of aryl methyl sites for hydroxylation is 1. The highest BCUT2D eigenvalue weighted by Crippen LogP contribution is 2.37. The van der Waals surface area contributed by atoms with E-state index in [1.807, 2.05) is 98.4 Å². The maximum atomic E-state index is 12.8. The number of allylic oxidation sites excluding steroid dienone is 1. The monoisotopic (exact) mass is 649 g/mol. The molecule has 1 fully saturated rings. The zero-order valence-corrected chi connectivity index (χ0v) is 28.3. The average molecular weight is 650 g/mol. The van der Waals surface area contributed by atoms with E-state index in [0.717, 1.165) is 41.5 Å². The standard InChI is InChI=1S/C32H37N9O3.C4H6/c1-5-35-40-13-10-25(11-14-40)44-27-9-8-23(17-22(27)2)36-31-30-26(33-21-34-31)18-28-32(37-30)41-16-15-39(19-24(41)20-43-28)29(42)7-6-12-38(3)4;1-3-4-2/h5-11,13,17-18,21,24H,12,14-16,19-20H2,1-4H3,(H,33,34,36);1H,4H2,2H3/b7-6+,35-5-;. The molecular formula is C36H43N9O3. The van der Waals surface area contributed by atoms with Gasteiger partial charge in [-0.25, -0.2) is 15.0 Å². The zero-order chi connectivity index (χ0) is 34.0. The predicted octanol–water partition coefficient (Wildman–Crippen LogP) is 4.73. The molecule has 1 N–H and O–H groups in total. The Hall–Kier alpha value is -5.41. The van der Waals surface area contributed by atoms with Crippen molar-refractivity contribution in [1.29, 1.82) is 0 Å². The van der Waals surface area contributed by atoms with Crippen LogP contribution in [0.1, 0.15) is 25.8 Å². The Bertz CT molecular complexity index is 1780. The second-order valence-electron chi connectivity index (χ2n) is 11.7. The summed E-state index contributed by atoms with van der Waals surface area (Å²) in [5.41, 5.74) is 3.17. The number of benzene rings is 1. The van der Waals surface area contributed by atoms with Crippen LogP contribution in [0, 0.1) is 19.3 Å². The second kappa shape index (κ2) is 15.9. The minimum Gasteiger partial charge on any atom is -0.487 e. The van der Waals surface area contributed by atoms with Crippen LogP contribution in [-0.2, 0) is 4.79 Å². The van der Waals surface area contributed by atoms with Crippen LogP contribution >= 0.6 is 0 Å². The quantitative estimate of drug-likeness (QED) is 0.209. The first-order valence-electron chi connectivity index (χ1n) is 16.1. The summed E-state index contributed by atoms with van der Waals surface area (Å²) in [7, 11) is 3.95. The summed E-state index contributed by atoms with van der Waals surface area (Å²) >= 11 is 0. The Labute approximate surface area is 282 Å². The highest BCUT2D eigenvalue weighted by atomic mass is 16.5. The maximum Gasteiger partial charge on any atom is 0.246 e. The van der Waals surface area contributed by atoms with Gasteiger partial charge in [0.15, 0.2) is 17.4 Å². The number of ether oxygens (including phenoxy) is 2. The number of aromatic nitrogens is 3. The molecule has 2 aromatic heterocycles. The van der Waals surface area contributed by atoms with Crippen LogP contribution in [0.5, 0.6) is 11.5 Å². The van der Waals surface area contributed by atoms with Crippen molar-refractivity contribution in [3.05, 3.63) is 72.4 Å². The third-order valence-electron chi connectivity index (χ3n) is 7.81. The molecule has 3 aliphatic heterocycles. The van der Waals surface area contributed by atoms with Crippen molar-refractivity contribution in [2.24, 2.45) is 5.10 Å². The smallest absolute Gasteiger partial charge is 0.246 e. The molecule has 48 heavy (non-hydrogen) atoms. The number of pyridine rings is 1. The molecule has 3 aromatic rings. The number of nitrogens with zero attached hydrogens (tertiary/aromatic N) is 8. The summed E-state index contributed by atoms with van der Waals surface area (Å²) in [6, 6.07) is 7.85. The molecule has 1 saturated heterocycles. The Morgan fingerprint density at radius 1 is 1.27 bits per heavy atom. The molecule has 1 amide bonds. The summed E-state index contributed by atoms with van der Waals surface area (Å²) in [6.45, 7) is 9.55. The first kappa shape index (κ1) is 33.9. The van der Waals surface area contributed by atoms with Crippen molar-refractivity contribution in [3.8, 4) is 23.8 Å².